The summed E-state index contributed by atoms with van der Waals surface area (Å²) < 4.78 is 20.3. The first-order valence-corrected chi connectivity index (χ1v) is 6.81. The molecule has 21 heavy (non-hydrogen) atoms. The zero-order chi connectivity index (χ0) is 14.8. The van der Waals surface area contributed by atoms with Crippen molar-refractivity contribution >= 4 is 11.7 Å². The third kappa shape index (κ3) is 2.89. The van der Waals surface area contributed by atoms with Crippen molar-refractivity contribution in [1.82, 2.24) is 9.55 Å². The molecule has 1 saturated carbocycles. The molecular weight excluding hydrogens is 273 g/mol. The van der Waals surface area contributed by atoms with Crippen LogP contribution in [0, 0.1) is 5.82 Å². The molecule has 0 radical (unpaired) electrons. The molecular formula is C15H16FN3O2. The summed E-state index contributed by atoms with van der Waals surface area (Å²) >= 11 is 0. The van der Waals surface area contributed by atoms with Crippen LogP contribution in [0.1, 0.15) is 34.9 Å². The number of hydrogen-bond donors (Lipinski definition) is 1. The van der Waals surface area contributed by atoms with Crippen molar-refractivity contribution in [3.05, 3.63) is 47.8 Å². The van der Waals surface area contributed by atoms with Crippen molar-refractivity contribution in [3.8, 4) is 0 Å². The van der Waals surface area contributed by atoms with Gasteiger partial charge in [-0.15, -0.1) is 0 Å². The van der Waals surface area contributed by atoms with Crippen LogP contribution in [0.15, 0.2) is 30.7 Å². The van der Waals surface area contributed by atoms with E-state index in [2.05, 4.69) is 19.6 Å². The molecule has 1 aromatic heterocycles. The van der Waals surface area contributed by atoms with Crippen LogP contribution in [-0.4, -0.2) is 22.6 Å². The zero-order valence-electron chi connectivity index (χ0n) is 11.7. The van der Waals surface area contributed by atoms with Crippen molar-refractivity contribution in [2.45, 2.75) is 25.4 Å². The summed E-state index contributed by atoms with van der Waals surface area (Å²) in [4.78, 5) is 15.6. The number of methoxy groups -OCH3 is 1. The van der Waals surface area contributed by atoms with Crippen LogP contribution in [0.3, 0.4) is 0 Å². The summed E-state index contributed by atoms with van der Waals surface area (Å²) in [6.07, 6.45) is 6.02. The highest BCUT2D eigenvalue weighted by atomic mass is 19.1. The second-order valence-corrected chi connectivity index (χ2v) is 5.06. The molecule has 0 aliphatic heterocycles. The van der Waals surface area contributed by atoms with Gasteiger partial charge in [0.05, 0.1) is 31.2 Å². The maximum atomic E-state index is 13.6. The molecule has 0 amide bonds. The Balaban J connectivity index is 1.73. The van der Waals surface area contributed by atoms with E-state index in [-0.39, 0.29) is 5.56 Å². The molecule has 5 nitrogen and oxygen atoms in total. The lowest BCUT2D eigenvalue weighted by atomic mass is 10.2. The molecule has 110 valence electrons. The topological polar surface area (TPSA) is 56.1 Å². The molecule has 1 aromatic carbocycles. The van der Waals surface area contributed by atoms with Gasteiger partial charge in [0.15, 0.2) is 0 Å². The average Bonchev–Trinajstić information content (AvgIpc) is 3.24. The number of benzene rings is 1. The van der Waals surface area contributed by atoms with Crippen molar-refractivity contribution in [2.75, 3.05) is 12.4 Å². The van der Waals surface area contributed by atoms with Gasteiger partial charge < -0.3 is 14.6 Å². The number of rotatable bonds is 5. The quantitative estimate of drug-likeness (QED) is 0.860. The number of anilines is 1. The minimum Gasteiger partial charge on any atom is -0.465 e. The van der Waals surface area contributed by atoms with Crippen LogP contribution in [0.5, 0.6) is 0 Å². The molecule has 1 aliphatic rings. The SMILES string of the molecule is COC(=O)c1cc(NCc2cncn2C2CC2)ccc1F. The normalized spacial score (nSPS) is 14.0. The molecule has 6 heteroatoms. The molecule has 3 rings (SSSR count). The number of carbonyl (C=O) groups excluding carboxylic acids is 1. The Bertz CT molecular complexity index is 665. The number of hydrogen-bond acceptors (Lipinski definition) is 4. The number of halogens is 1. The van der Waals surface area contributed by atoms with Gasteiger partial charge in [-0.2, -0.15) is 0 Å². The smallest absolute Gasteiger partial charge is 0.340 e. The Morgan fingerprint density at radius 1 is 1.52 bits per heavy atom. The minimum absolute atomic E-state index is 0.0711. The van der Waals surface area contributed by atoms with Crippen molar-refractivity contribution in [3.63, 3.8) is 0 Å². The average molecular weight is 289 g/mol. The van der Waals surface area contributed by atoms with E-state index in [1.807, 2.05) is 12.5 Å². The first kappa shape index (κ1) is 13.6. The van der Waals surface area contributed by atoms with Gasteiger partial charge in [0, 0.05) is 17.9 Å². The lowest BCUT2D eigenvalue weighted by Crippen LogP contribution is -2.08. The van der Waals surface area contributed by atoms with E-state index in [9.17, 15) is 9.18 Å². The molecule has 2 aromatic rings. The van der Waals surface area contributed by atoms with E-state index in [1.165, 1.54) is 32.1 Å². The van der Waals surface area contributed by atoms with Gasteiger partial charge in [0.2, 0.25) is 0 Å². The fourth-order valence-corrected chi connectivity index (χ4v) is 2.24. The van der Waals surface area contributed by atoms with Crippen molar-refractivity contribution in [1.29, 1.82) is 0 Å². The summed E-state index contributed by atoms with van der Waals surface area (Å²) in [5.74, 6) is -1.27. The molecule has 1 fully saturated rings. The first-order chi connectivity index (χ1) is 10.2. The Labute approximate surface area is 121 Å². The summed E-state index contributed by atoms with van der Waals surface area (Å²) in [5, 5.41) is 3.18. The number of carbonyl (C=O) groups is 1. The van der Waals surface area contributed by atoms with Crippen molar-refractivity contribution < 1.29 is 13.9 Å². The number of esters is 1. The van der Waals surface area contributed by atoms with Gasteiger partial charge in [0.25, 0.3) is 0 Å². The Morgan fingerprint density at radius 3 is 3.05 bits per heavy atom. The molecule has 0 spiro atoms. The summed E-state index contributed by atoms with van der Waals surface area (Å²) in [7, 11) is 1.23. The molecule has 0 bridgehead atoms. The van der Waals surface area contributed by atoms with Gasteiger partial charge in [0.1, 0.15) is 5.82 Å². The molecule has 1 heterocycles. The van der Waals surface area contributed by atoms with Crippen LogP contribution in [0.25, 0.3) is 0 Å². The van der Waals surface area contributed by atoms with Gasteiger partial charge in [-0.05, 0) is 31.0 Å². The molecule has 0 unspecified atom stereocenters. The monoisotopic (exact) mass is 289 g/mol. The second kappa shape index (κ2) is 5.55. The fraction of sp³-hybridized carbons (Fsp3) is 0.333. The first-order valence-electron chi connectivity index (χ1n) is 6.81. The molecule has 0 atom stereocenters. The Kier molecular flexibility index (Phi) is 3.60. The van der Waals surface area contributed by atoms with E-state index in [0.29, 0.717) is 18.3 Å². The highest BCUT2D eigenvalue weighted by Gasteiger charge is 2.25. The lowest BCUT2D eigenvalue weighted by Gasteiger charge is -2.10. The van der Waals surface area contributed by atoms with Crippen molar-refractivity contribution in [2.24, 2.45) is 0 Å². The van der Waals surface area contributed by atoms with Crippen LogP contribution >= 0.6 is 0 Å². The Hall–Kier alpha value is -2.37. The number of nitrogens with zero attached hydrogens (tertiary/aromatic N) is 2. The third-order valence-corrected chi connectivity index (χ3v) is 3.53. The number of nitrogens with one attached hydrogen (secondary N) is 1. The van der Waals surface area contributed by atoms with Gasteiger partial charge >= 0.3 is 5.97 Å². The highest BCUT2D eigenvalue weighted by Crippen LogP contribution is 2.35. The third-order valence-electron chi connectivity index (χ3n) is 3.53. The lowest BCUT2D eigenvalue weighted by molar-refractivity contribution is 0.0595. The predicted molar refractivity (Wildman–Crippen MR) is 75.6 cm³/mol. The van der Waals surface area contributed by atoms with E-state index in [0.717, 1.165) is 5.69 Å². The van der Waals surface area contributed by atoms with Crippen LogP contribution in [0.4, 0.5) is 10.1 Å². The number of aromatic nitrogens is 2. The van der Waals surface area contributed by atoms with Crippen LogP contribution in [0.2, 0.25) is 0 Å². The maximum Gasteiger partial charge on any atom is 0.340 e. The zero-order valence-corrected chi connectivity index (χ0v) is 11.7. The van der Waals surface area contributed by atoms with E-state index >= 15 is 0 Å². The van der Waals surface area contributed by atoms with E-state index < -0.39 is 11.8 Å². The molecule has 0 saturated heterocycles. The summed E-state index contributed by atoms with van der Waals surface area (Å²) in [5.41, 5.74) is 1.67. The Morgan fingerprint density at radius 2 is 2.33 bits per heavy atom. The van der Waals surface area contributed by atoms with Crippen LogP contribution in [-0.2, 0) is 11.3 Å². The second-order valence-electron chi connectivity index (χ2n) is 5.06. The standard InChI is InChI=1S/C15H16FN3O2/c1-21-15(20)13-6-10(2-5-14(13)16)18-8-12-7-17-9-19(12)11-3-4-11/h2,5-7,9,11,18H,3-4,8H2,1H3. The number of ether oxygens (including phenoxy) is 1. The molecule has 1 N–H and O–H groups in total. The van der Waals surface area contributed by atoms with Crippen LogP contribution < -0.4 is 5.32 Å². The molecule has 1 aliphatic carbocycles. The maximum absolute atomic E-state index is 13.6. The largest absolute Gasteiger partial charge is 0.465 e. The highest BCUT2D eigenvalue weighted by molar-refractivity contribution is 5.90. The minimum atomic E-state index is -0.681. The van der Waals surface area contributed by atoms with Gasteiger partial charge in [-0.3, -0.25) is 0 Å². The number of imidazole rings is 1. The summed E-state index contributed by atoms with van der Waals surface area (Å²) in [6, 6.07) is 4.87. The van der Waals surface area contributed by atoms with E-state index in [1.54, 1.807) is 6.07 Å². The van der Waals surface area contributed by atoms with Gasteiger partial charge in [-0.25, -0.2) is 14.2 Å². The fourth-order valence-electron chi connectivity index (χ4n) is 2.24. The predicted octanol–water partition coefficient (Wildman–Crippen LogP) is 2.76. The summed E-state index contributed by atoms with van der Waals surface area (Å²) in [6.45, 7) is 0.572. The van der Waals surface area contributed by atoms with E-state index in [4.69, 9.17) is 0 Å². The van der Waals surface area contributed by atoms with Gasteiger partial charge in [-0.1, -0.05) is 0 Å².